The maximum atomic E-state index is 12.4. The fourth-order valence-corrected chi connectivity index (χ4v) is 3.52. The summed E-state index contributed by atoms with van der Waals surface area (Å²) in [6, 6.07) is 0.356. The molecule has 0 bridgehead atoms. The summed E-state index contributed by atoms with van der Waals surface area (Å²) < 4.78 is 2.68. The minimum absolute atomic E-state index is 0.110. The predicted molar refractivity (Wildman–Crippen MR) is 81.8 cm³/mol. The average molecular weight is 324 g/mol. The van der Waals surface area contributed by atoms with E-state index in [9.17, 15) is 4.79 Å². The molecular formula is C12H16N6OS2. The lowest BCUT2D eigenvalue weighted by Crippen LogP contribution is -2.34. The molecule has 0 atom stereocenters. The first-order valence-electron chi connectivity index (χ1n) is 6.61. The van der Waals surface area contributed by atoms with E-state index in [0.717, 1.165) is 23.0 Å². The zero-order valence-corrected chi connectivity index (χ0v) is 13.2. The van der Waals surface area contributed by atoms with Gasteiger partial charge in [0.25, 0.3) is 0 Å². The largest absolute Gasteiger partial charge is 0.374 e. The third-order valence-corrected chi connectivity index (χ3v) is 5.15. The molecular weight excluding hydrogens is 308 g/mol. The number of aryl methyl sites for hydroxylation is 1. The molecule has 2 heterocycles. The first-order chi connectivity index (χ1) is 10.1. The quantitative estimate of drug-likeness (QED) is 0.801. The molecule has 2 N–H and O–H groups in total. The zero-order valence-electron chi connectivity index (χ0n) is 11.6. The number of carbonyl (C=O) groups excluding carboxylic acids is 1. The van der Waals surface area contributed by atoms with Crippen LogP contribution in [0.25, 0.3) is 0 Å². The van der Waals surface area contributed by atoms with Crippen LogP contribution in [-0.4, -0.2) is 42.4 Å². The first-order valence-corrected chi connectivity index (χ1v) is 8.41. The number of nitrogens with two attached hydrogens (primary N) is 1. The molecule has 21 heavy (non-hydrogen) atoms. The van der Waals surface area contributed by atoms with Gasteiger partial charge in [-0.05, 0) is 12.8 Å². The third-order valence-electron chi connectivity index (χ3n) is 3.28. The number of thioether (sulfide) groups is 1. The Morgan fingerprint density at radius 2 is 2.38 bits per heavy atom. The smallest absolute Gasteiger partial charge is 0.233 e. The molecule has 7 nitrogen and oxygen atoms in total. The van der Waals surface area contributed by atoms with Crippen molar-refractivity contribution in [1.29, 1.82) is 0 Å². The number of hydrogen-bond donors (Lipinski definition) is 1. The number of carbonyl (C=O) groups is 1. The second-order valence-electron chi connectivity index (χ2n) is 4.90. The summed E-state index contributed by atoms with van der Waals surface area (Å²) in [7, 11) is 1.94. The fourth-order valence-electron chi connectivity index (χ4n) is 1.99. The van der Waals surface area contributed by atoms with Crippen LogP contribution in [0.2, 0.25) is 0 Å². The minimum Gasteiger partial charge on any atom is -0.374 e. The topological polar surface area (TPSA) is 89.9 Å². The summed E-state index contributed by atoms with van der Waals surface area (Å²) in [6.45, 7) is 0.561. The first kappa shape index (κ1) is 14.3. The van der Waals surface area contributed by atoms with Crippen LogP contribution in [0, 0.1) is 0 Å². The van der Waals surface area contributed by atoms with Crippen LogP contribution in [0.1, 0.15) is 18.7 Å². The summed E-state index contributed by atoms with van der Waals surface area (Å²) in [4.78, 5) is 18.6. The summed E-state index contributed by atoms with van der Waals surface area (Å²) >= 11 is 2.69. The van der Waals surface area contributed by atoms with Crippen LogP contribution < -0.4 is 5.73 Å². The van der Waals surface area contributed by atoms with Gasteiger partial charge in [0, 0.05) is 25.5 Å². The Balaban J connectivity index is 1.61. The number of hydrogen-bond acceptors (Lipinski definition) is 7. The highest BCUT2D eigenvalue weighted by atomic mass is 32.2. The number of rotatable bonds is 6. The van der Waals surface area contributed by atoms with Crippen molar-refractivity contribution in [3.05, 3.63) is 18.2 Å². The number of imidazole rings is 1. The van der Waals surface area contributed by atoms with Crippen molar-refractivity contribution in [1.82, 2.24) is 24.6 Å². The summed E-state index contributed by atoms with van der Waals surface area (Å²) in [5.41, 5.74) is 5.54. The van der Waals surface area contributed by atoms with Gasteiger partial charge in [-0.25, -0.2) is 4.98 Å². The van der Waals surface area contributed by atoms with Gasteiger partial charge >= 0.3 is 0 Å². The molecule has 1 aliphatic rings. The molecule has 0 radical (unpaired) electrons. The van der Waals surface area contributed by atoms with Crippen LogP contribution >= 0.6 is 23.1 Å². The summed E-state index contributed by atoms with van der Waals surface area (Å²) in [5.74, 6) is 1.37. The molecule has 2 aromatic rings. The molecule has 0 spiro atoms. The van der Waals surface area contributed by atoms with Gasteiger partial charge in [0.05, 0.1) is 12.3 Å². The summed E-state index contributed by atoms with van der Waals surface area (Å²) in [6.07, 6.45) is 5.80. The van der Waals surface area contributed by atoms with Gasteiger partial charge in [0.15, 0.2) is 4.34 Å². The van der Waals surface area contributed by atoms with Gasteiger partial charge < -0.3 is 15.2 Å². The lowest BCUT2D eigenvalue weighted by Gasteiger charge is -2.21. The second kappa shape index (κ2) is 6.02. The monoisotopic (exact) mass is 324 g/mol. The van der Waals surface area contributed by atoms with Crippen molar-refractivity contribution in [2.75, 3.05) is 11.5 Å². The van der Waals surface area contributed by atoms with E-state index in [1.165, 1.54) is 23.1 Å². The highest BCUT2D eigenvalue weighted by Gasteiger charge is 2.33. The van der Waals surface area contributed by atoms with Gasteiger partial charge in [0.1, 0.15) is 5.82 Å². The Bertz CT molecular complexity index is 635. The molecule has 112 valence electrons. The van der Waals surface area contributed by atoms with E-state index in [1.807, 2.05) is 22.7 Å². The van der Waals surface area contributed by atoms with Crippen molar-refractivity contribution in [2.45, 2.75) is 29.8 Å². The van der Waals surface area contributed by atoms with E-state index in [0.29, 0.717) is 23.5 Å². The molecule has 3 rings (SSSR count). The highest BCUT2D eigenvalue weighted by molar-refractivity contribution is 8.01. The Hall–Kier alpha value is -1.61. The Kier molecular flexibility index (Phi) is 4.11. The summed E-state index contributed by atoms with van der Waals surface area (Å²) in [5, 5.41) is 8.09. The third kappa shape index (κ3) is 3.53. The zero-order chi connectivity index (χ0) is 14.8. The van der Waals surface area contributed by atoms with Gasteiger partial charge in [-0.1, -0.05) is 23.1 Å². The maximum Gasteiger partial charge on any atom is 0.233 e. The van der Waals surface area contributed by atoms with Crippen molar-refractivity contribution in [3.8, 4) is 0 Å². The predicted octanol–water partition coefficient (Wildman–Crippen LogP) is 1.14. The fraction of sp³-hybridized carbons (Fsp3) is 0.500. The minimum atomic E-state index is 0.110. The standard InChI is InChI=1S/C12H16N6OS2/c1-17-5-4-14-9(17)6-18(8-2-3-8)10(19)7-20-12-16-15-11(13)21-12/h4-5,8H,2-3,6-7H2,1H3,(H2,13,15). The highest BCUT2D eigenvalue weighted by Crippen LogP contribution is 2.30. The van der Waals surface area contributed by atoms with E-state index in [2.05, 4.69) is 15.2 Å². The number of anilines is 1. The molecule has 9 heteroatoms. The van der Waals surface area contributed by atoms with E-state index in [1.54, 1.807) is 6.20 Å². The lowest BCUT2D eigenvalue weighted by atomic mass is 10.4. The van der Waals surface area contributed by atoms with E-state index in [4.69, 9.17) is 5.73 Å². The Morgan fingerprint density at radius 1 is 1.57 bits per heavy atom. The van der Waals surface area contributed by atoms with Gasteiger partial charge in [-0.2, -0.15) is 0 Å². The normalized spacial score (nSPS) is 14.3. The van der Waals surface area contributed by atoms with E-state index >= 15 is 0 Å². The number of nitrogen functional groups attached to an aromatic ring is 1. The lowest BCUT2D eigenvalue weighted by molar-refractivity contribution is -0.129. The van der Waals surface area contributed by atoms with Gasteiger partial charge in [0.2, 0.25) is 11.0 Å². The maximum absolute atomic E-state index is 12.4. The molecule has 1 saturated carbocycles. The molecule has 0 aliphatic heterocycles. The van der Waals surface area contributed by atoms with Crippen molar-refractivity contribution < 1.29 is 4.79 Å². The molecule has 1 fully saturated rings. The molecule has 1 amide bonds. The SMILES string of the molecule is Cn1ccnc1CN(C(=O)CSc1nnc(N)s1)C1CC1. The van der Waals surface area contributed by atoms with Crippen LogP contribution in [0.5, 0.6) is 0 Å². The van der Waals surface area contributed by atoms with Crippen LogP contribution in [-0.2, 0) is 18.4 Å². The molecule has 0 aromatic carbocycles. The Morgan fingerprint density at radius 3 is 2.95 bits per heavy atom. The second-order valence-corrected chi connectivity index (χ2v) is 7.13. The average Bonchev–Trinajstić information content (AvgIpc) is 3.09. The van der Waals surface area contributed by atoms with Gasteiger partial charge in [-0.3, -0.25) is 4.79 Å². The van der Waals surface area contributed by atoms with Crippen LogP contribution in [0.4, 0.5) is 5.13 Å². The number of aromatic nitrogens is 4. The van der Waals surface area contributed by atoms with Crippen molar-refractivity contribution >= 4 is 34.1 Å². The van der Waals surface area contributed by atoms with Crippen LogP contribution in [0.15, 0.2) is 16.7 Å². The van der Waals surface area contributed by atoms with E-state index in [-0.39, 0.29) is 5.91 Å². The molecule has 0 unspecified atom stereocenters. The number of amides is 1. The van der Waals surface area contributed by atoms with E-state index < -0.39 is 0 Å². The van der Waals surface area contributed by atoms with Crippen molar-refractivity contribution in [3.63, 3.8) is 0 Å². The molecule has 1 aliphatic carbocycles. The van der Waals surface area contributed by atoms with Crippen molar-refractivity contribution in [2.24, 2.45) is 7.05 Å². The number of nitrogens with zero attached hydrogens (tertiary/aromatic N) is 5. The van der Waals surface area contributed by atoms with Gasteiger partial charge in [-0.15, -0.1) is 10.2 Å². The molecule has 2 aromatic heterocycles. The Labute approximate surface area is 130 Å². The molecule has 0 saturated heterocycles. The van der Waals surface area contributed by atoms with Crippen LogP contribution in [0.3, 0.4) is 0 Å².